The van der Waals surface area contributed by atoms with Crippen molar-refractivity contribution in [2.45, 2.75) is 13.0 Å². The van der Waals surface area contributed by atoms with Crippen LogP contribution < -0.4 is 10.5 Å². The van der Waals surface area contributed by atoms with Gasteiger partial charge >= 0.3 is 0 Å². The summed E-state index contributed by atoms with van der Waals surface area (Å²) in [6.07, 6.45) is -0.628. The first-order valence-corrected chi connectivity index (χ1v) is 5.11. The lowest BCUT2D eigenvalue weighted by atomic mass is 10.0. The maximum absolute atomic E-state index is 9.63. The number of aliphatic hydroxyl groups excluding tert-OH is 1. The van der Waals surface area contributed by atoms with E-state index in [4.69, 9.17) is 10.5 Å². The number of aliphatic hydroxyl groups is 1. The summed E-state index contributed by atoms with van der Waals surface area (Å²) in [5.74, 6) is 0.707. The third kappa shape index (κ3) is 2.26. The van der Waals surface area contributed by atoms with Crippen molar-refractivity contribution in [1.29, 1.82) is 0 Å². The normalized spacial score (nSPS) is 12.6. The molecule has 14 heavy (non-hydrogen) atoms. The van der Waals surface area contributed by atoms with Crippen LogP contribution in [0.2, 0.25) is 0 Å². The molecule has 1 rings (SSSR count). The molecule has 1 aromatic rings. The average molecular weight is 260 g/mol. The van der Waals surface area contributed by atoms with Crippen molar-refractivity contribution < 1.29 is 9.84 Å². The highest BCUT2D eigenvalue weighted by Gasteiger charge is 2.11. The van der Waals surface area contributed by atoms with E-state index >= 15 is 0 Å². The molecule has 0 fully saturated rings. The molecular formula is C10H14BrNO2. The Morgan fingerprint density at radius 1 is 1.57 bits per heavy atom. The van der Waals surface area contributed by atoms with Crippen molar-refractivity contribution in [1.82, 2.24) is 0 Å². The SMILES string of the molecule is COc1cc(C(O)CN)c(C)cc1Br. The number of aryl methyl sites for hydroxylation is 1. The molecule has 1 aromatic carbocycles. The Labute approximate surface area is 92.0 Å². The molecular weight excluding hydrogens is 246 g/mol. The van der Waals surface area contributed by atoms with Gasteiger partial charge in [0.1, 0.15) is 5.75 Å². The second kappa shape index (κ2) is 4.77. The van der Waals surface area contributed by atoms with Crippen LogP contribution in [-0.2, 0) is 0 Å². The van der Waals surface area contributed by atoms with E-state index in [0.29, 0.717) is 5.75 Å². The zero-order valence-corrected chi connectivity index (χ0v) is 9.84. The van der Waals surface area contributed by atoms with Gasteiger partial charge in [-0.3, -0.25) is 0 Å². The van der Waals surface area contributed by atoms with Gasteiger partial charge in [0.15, 0.2) is 0 Å². The summed E-state index contributed by atoms with van der Waals surface area (Å²) in [7, 11) is 1.59. The summed E-state index contributed by atoms with van der Waals surface area (Å²) in [5, 5.41) is 9.63. The Bertz CT molecular complexity index is 328. The molecule has 78 valence electrons. The number of ether oxygens (including phenoxy) is 1. The van der Waals surface area contributed by atoms with Gasteiger partial charge in [0, 0.05) is 6.54 Å². The van der Waals surface area contributed by atoms with Crippen molar-refractivity contribution in [3.8, 4) is 5.75 Å². The zero-order chi connectivity index (χ0) is 10.7. The molecule has 0 saturated carbocycles. The Kier molecular flexibility index (Phi) is 3.92. The maximum atomic E-state index is 9.63. The Balaban J connectivity index is 3.17. The van der Waals surface area contributed by atoms with Gasteiger partial charge in [-0.05, 0) is 46.1 Å². The van der Waals surface area contributed by atoms with Gasteiger partial charge in [0.05, 0.1) is 17.7 Å². The molecule has 0 spiro atoms. The summed E-state index contributed by atoms with van der Waals surface area (Å²) < 4.78 is 6.02. The van der Waals surface area contributed by atoms with Crippen molar-refractivity contribution in [2.75, 3.05) is 13.7 Å². The van der Waals surface area contributed by atoms with Crippen LogP contribution in [0.1, 0.15) is 17.2 Å². The summed E-state index contributed by atoms with van der Waals surface area (Å²) in [6, 6.07) is 3.71. The van der Waals surface area contributed by atoms with E-state index in [-0.39, 0.29) is 6.54 Å². The third-order valence-electron chi connectivity index (χ3n) is 2.12. The number of nitrogens with two attached hydrogens (primary N) is 1. The Morgan fingerprint density at radius 3 is 2.71 bits per heavy atom. The van der Waals surface area contributed by atoms with Gasteiger partial charge in [-0.25, -0.2) is 0 Å². The topological polar surface area (TPSA) is 55.5 Å². The molecule has 4 heteroatoms. The largest absolute Gasteiger partial charge is 0.496 e. The number of benzene rings is 1. The fourth-order valence-electron chi connectivity index (χ4n) is 1.31. The van der Waals surface area contributed by atoms with Crippen LogP contribution in [0, 0.1) is 6.92 Å². The smallest absolute Gasteiger partial charge is 0.133 e. The highest BCUT2D eigenvalue weighted by Crippen LogP contribution is 2.30. The first-order chi connectivity index (χ1) is 6.60. The molecule has 0 aliphatic heterocycles. The Hall–Kier alpha value is -0.580. The molecule has 3 N–H and O–H groups in total. The van der Waals surface area contributed by atoms with E-state index in [1.807, 2.05) is 13.0 Å². The molecule has 0 bridgehead atoms. The van der Waals surface area contributed by atoms with Crippen molar-refractivity contribution in [3.05, 3.63) is 27.7 Å². The van der Waals surface area contributed by atoms with Gasteiger partial charge < -0.3 is 15.6 Å². The summed E-state index contributed by atoms with van der Waals surface area (Å²) >= 11 is 3.37. The maximum Gasteiger partial charge on any atom is 0.133 e. The molecule has 3 nitrogen and oxygen atoms in total. The average Bonchev–Trinajstić information content (AvgIpc) is 2.17. The molecule has 0 aliphatic rings. The fourth-order valence-corrected chi connectivity index (χ4v) is 1.93. The quantitative estimate of drug-likeness (QED) is 0.870. The van der Waals surface area contributed by atoms with Crippen LogP contribution in [0.5, 0.6) is 5.75 Å². The van der Waals surface area contributed by atoms with Crippen LogP contribution in [-0.4, -0.2) is 18.8 Å². The first-order valence-electron chi connectivity index (χ1n) is 4.32. The predicted molar refractivity (Wildman–Crippen MR) is 59.4 cm³/mol. The van der Waals surface area contributed by atoms with Gasteiger partial charge in [-0.1, -0.05) is 0 Å². The molecule has 1 atom stereocenters. The second-order valence-corrected chi connectivity index (χ2v) is 3.95. The molecule has 0 amide bonds. The first kappa shape index (κ1) is 11.5. The van der Waals surface area contributed by atoms with E-state index in [1.54, 1.807) is 13.2 Å². The lowest BCUT2D eigenvalue weighted by Crippen LogP contribution is -2.12. The Morgan fingerprint density at radius 2 is 2.21 bits per heavy atom. The predicted octanol–water partition coefficient (Wildman–Crippen LogP) is 1.76. The number of hydrogen-bond donors (Lipinski definition) is 2. The molecule has 0 saturated heterocycles. The van der Waals surface area contributed by atoms with Crippen molar-refractivity contribution in [3.63, 3.8) is 0 Å². The summed E-state index contributed by atoms with van der Waals surface area (Å²) in [6.45, 7) is 2.14. The van der Waals surface area contributed by atoms with Gasteiger partial charge in [0.2, 0.25) is 0 Å². The highest BCUT2D eigenvalue weighted by atomic mass is 79.9. The van der Waals surface area contributed by atoms with Crippen LogP contribution in [0.3, 0.4) is 0 Å². The third-order valence-corrected chi connectivity index (χ3v) is 2.74. The van der Waals surface area contributed by atoms with E-state index in [9.17, 15) is 5.11 Å². The van der Waals surface area contributed by atoms with E-state index in [2.05, 4.69) is 15.9 Å². The van der Waals surface area contributed by atoms with Gasteiger partial charge in [0.25, 0.3) is 0 Å². The molecule has 0 radical (unpaired) electrons. The molecule has 0 aliphatic carbocycles. The summed E-state index contributed by atoms with van der Waals surface area (Å²) in [5.41, 5.74) is 7.21. The van der Waals surface area contributed by atoms with Gasteiger partial charge in [-0.2, -0.15) is 0 Å². The second-order valence-electron chi connectivity index (χ2n) is 3.09. The lowest BCUT2D eigenvalue weighted by Gasteiger charge is -2.14. The van der Waals surface area contributed by atoms with Crippen LogP contribution in [0.15, 0.2) is 16.6 Å². The number of rotatable bonds is 3. The molecule has 0 heterocycles. The standard InChI is InChI=1S/C10H14BrNO2/c1-6-3-8(11)10(14-2)4-7(6)9(13)5-12/h3-4,9,13H,5,12H2,1-2H3. The number of hydrogen-bond acceptors (Lipinski definition) is 3. The van der Waals surface area contributed by atoms with E-state index in [1.165, 1.54) is 0 Å². The van der Waals surface area contributed by atoms with Crippen molar-refractivity contribution in [2.24, 2.45) is 5.73 Å². The minimum absolute atomic E-state index is 0.214. The number of halogens is 1. The van der Waals surface area contributed by atoms with Crippen LogP contribution >= 0.6 is 15.9 Å². The fraction of sp³-hybridized carbons (Fsp3) is 0.400. The van der Waals surface area contributed by atoms with Crippen LogP contribution in [0.4, 0.5) is 0 Å². The monoisotopic (exact) mass is 259 g/mol. The van der Waals surface area contributed by atoms with E-state index in [0.717, 1.165) is 15.6 Å². The van der Waals surface area contributed by atoms with Crippen molar-refractivity contribution >= 4 is 15.9 Å². The lowest BCUT2D eigenvalue weighted by molar-refractivity contribution is 0.185. The van der Waals surface area contributed by atoms with Gasteiger partial charge in [-0.15, -0.1) is 0 Å². The highest BCUT2D eigenvalue weighted by molar-refractivity contribution is 9.10. The van der Waals surface area contributed by atoms with E-state index < -0.39 is 6.10 Å². The zero-order valence-electron chi connectivity index (χ0n) is 8.25. The number of methoxy groups -OCH3 is 1. The summed E-state index contributed by atoms with van der Waals surface area (Å²) in [4.78, 5) is 0. The minimum Gasteiger partial charge on any atom is -0.496 e. The van der Waals surface area contributed by atoms with Crippen LogP contribution in [0.25, 0.3) is 0 Å². The molecule has 0 aromatic heterocycles. The minimum atomic E-state index is -0.628. The molecule has 1 unspecified atom stereocenters.